The average Bonchev–Trinajstić information content (AvgIpc) is 2.53. The standard InChI is InChI=1S/C17H24BrNO3S/c1-17(22-9-8-20)6-4-12(5-7-17)11-23-13-2-3-15(18)14(10-13)16(19)21/h2-3,10,12,20H,4-9,11H2,1H3,(H2,19,21). The van der Waals surface area contributed by atoms with Crippen molar-refractivity contribution in [3.05, 3.63) is 28.2 Å². The molecule has 2 rings (SSSR count). The van der Waals surface area contributed by atoms with Crippen LogP contribution in [-0.4, -0.2) is 35.6 Å². The van der Waals surface area contributed by atoms with Crippen LogP contribution in [0.1, 0.15) is 43.0 Å². The van der Waals surface area contributed by atoms with Gasteiger partial charge in [-0.3, -0.25) is 4.79 Å². The molecular weight excluding hydrogens is 378 g/mol. The average molecular weight is 402 g/mol. The predicted molar refractivity (Wildman–Crippen MR) is 96.8 cm³/mol. The number of nitrogens with two attached hydrogens (primary N) is 1. The summed E-state index contributed by atoms with van der Waals surface area (Å²) in [7, 11) is 0. The number of hydrogen-bond donors (Lipinski definition) is 2. The Balaban J connectivity index is 1.84. The van der Waals surface area contributed by atoms with Gasteiger partial charge in [-0.05, 0) is 72.7 Å². The van der Waals surface area contributed by atoms with Crippen LogP contribution in [0, 0.1) is 5.92 Å². The van der Waals surface area contributed by atoms with Crippen molar-refractivity contribution in [3.63, 3.8) is 0 Å². The molecule has 3 N–H and O–H groups in total. The lowest BCUT2D eigenvalue weighted by Crippen LogP contribution is -2.35. The van der Waals surface area contributed by atoms with E-state index in [-0.39, 0.29) is 12.2 Å². The van der Waals surface area contributed by atoms with Gasteiger partial charge in [-0.25, -0.2) is 0 Å². The Morgan fingerprint density at radius 2 is 2.17 bits per heavy atom. The molecule has 6 heteroatoms. The second kappa shape index (κ2) is 8.51. The van der Waals surface area contributed by atoms with Gasteiger partial charge in [0.15, 0.2) is 0 Å². The van der Waals surface area contributed by atoms with E-state index in [1.165, 1.54) is 0 Å². The molecule has 1 aromatic carbocycles. The molecule has 0 aromatic heterocycles. The molecule has 23 heavy (non-hydrogen) atoms. The van der Waals surface area contributed by atoms with Crippen molar-refractivity contribution < 1.29 is 14.6 Å². The van der Waals surface area contributed by atoms with Gasteiger partial charge in [0.2, 0.25) is 5.91 Å². The molecular formula is C17H24BrNO3S. The van der Waals surface area contributed by atoms with E-state index in [2.05, 4.69) is 22.9 Å². The molecule has 0 bridgehead atoms. The van der Waals surface area contributed by atoms with Gasteiger partial charge in [0, 0.05) is 15.1 Å². The fourth-order valence-corrected chi connectivity index (χ4v) is 4.46. The van der Waals surface area contributed by atoms with Gasteiger partial charge in [0.05, 0.1) is 24.4 Å². The van der Waals surface area contributed by atoms with Gasteiger partial charge in [0.25, 0.3) is 0 Å². The van der Waals surface area contributed by atoms with E-state index >= 15 is 0 Å². The first-order chi connectivity index (χ1) is 10.9. The lowest BCUT2D eigenvalue weighted by atomic mass is 9.80. The SMILES string of the molecule is CC1(OCCO)CCC(CSc2ccc(Br)c(C(N)=O)c2)CC1. The zero-order chi connectivity index (χ0) is 16.9. The van der Waals surface area contributed by atoms with Gasteiger partial charge in [0.1, 0.15) is 0 Å². The smallest absolute Gasteiger partial charge is 0.249 e. The molecule has 1 fully saturated rings. The van der Waals surface area contributed by atoms with Crippen LogP contribution < -0.4 is 5.73 Å². The van der Waals surface area contributed by atoms with Gasteiger partial charge in [-0.1, -0.05) is 0 Å². The first-order valence-electron chi connectivity index (χ1n) is 7.90. The lowest BCUT2D eigenvalue weighted by Gasteiger charge is -2.37. The number of carbonyl (C=O) groups excluding carboxylic acids is 1. The zero-order valence-corrected chi connectivity index (χ0v) is 15.8. The number of primary amides is 1. The second-order valence-electron chi connectivity index (χ2n) is 6.28. The first kappa shape index (κ1) is 18.8. The lowest BCUT2D eigenvalue weighted by molar-refractivity contribution is -0.0733. The Bertz CT molecular complexity index is 545. The van der Waals surface area contributed by atoms with E-state index in [0.29, 0.717) is 18.1 Å². The highest BCUT2D eigenvalue weighted by atomic mass is 79.9. The Morgan fingerprint density at radius 1 is 1.48 bits per heavy atom. The molecule has 0 radical (unpaired) electrons. The maximum Gasteiger partial charge on any atom is 0.249 e. The highest BCUT2D eigenvalue weighted by molar-refractivity contribution is 9.10. The Kier molecular flexibility index (Phi) is 6.95. The number of benzene rings is 1. The van der Waals surface area contributed by atoms with Crippen molar-refractivity contribution in [2.75, 3.05) is 19.0 Å². The third kappa shape index (κ3) is 5.48. The predicted octanol–water partition coefficient (Wildman–Crippen LogP) is 3.60. The monoisotopic (exact) mass is 401 g/mol. The number of ether oxygens (including phenoxy) is 1. The van der Waals surface area contributed by atoms with Crippen LogP contribution in [0.3, 0.4) is 0 Å². The Hall–Kier alpha value is -0.560. The first-order valence-corrected chi connectivity index (χ1v) is 9.68. The molecule has 0 atom stereocenters. The molecule has 0 aliphatic heterocycles. The molecule has 0 saturated heterocycles. The van der Waals surface area contributed by atoms with E-state index in [9.17, 15) is 4.79 Å². The normalized spacial score (nSPS) is 24.6. The fraction of sp³-hybridized carbons (Fsp3) is 0.588. The highest BCUT2D eigenvalue weighted by Crippen LogP contribution is 2.37. The summed E-state index contributed by atoms with van der Waals surface area (Å²) in [5, 5.41) is 8.89. The van der Waals surface area contributed by atoms with Gasteiger partial charge in [-0.15, -0.1) is 11.8 Å². The van der Waals surface area contributed by atoms with Crippen LogP contribution in [0.5, 0.6) is 0 Å². The quantitative estimate of drug-likeness (QED) is 0.684. The van der Waals surface area contributed by atoms with Gasteiger partial charge < -0.3 is 15.6 Å². The molecule has 1 aromatic rings. The maximum absolute atomic E-state index is 11.4. The number of thioether (sulfide) groups is 1. The van der Waals surface area contributed by atoms with Crippen LogP contribution in [0.15, 0.2) is 27.6 Å². The minimum Gasteiger partial charge on any atom is -0.394 e. The van der Waals surface area contributed by atoms with E-state index in [1.807, 2.05) is 18.2 Å². The summed E-state index contributed by atoms with van der Waals surface area (Å²) in [6, 6.07) is 5.75. The zero-order valence-electron chi connectivity index (χ0n) is 13.4. The summed E-state index contributed by atoms with van der Waals surface area (Å²) in [5.41, 5.74) is 5.83. The number of hydrogen-bond acceptors (Lipinski definition) is 4. The van der Waals surface area contributed by atoms with Crippen LogP contribution in [0.4, 0.5) is 0 Å². The number of aliphatic hydroxyl groups excluding tert-OH is 1. The molecule has 1 amide bonds. The molecule has 1 aliphatic carbocycles. The van der Waals surface area contributed by atoms with Crippen LogP contribution in [-0.2, 0) is 4.74 Å². The van der Waals surface area contributed by atoms with E-state index in [1.54, 1.807) is 11.8 Å². The Morgan fingerprint density at radius 3 is 2.78 bits per heavy atom. The third-order valence-corrected chi connectivity index (χ3v) is 6.31. The summed E-state index contributed by atoms with van der Waals surface area (Å²) in [6.07, 6.45) is 4.33. The minimum absolute atomic E-state index is 0.0827. The summed E-state index contributed by atoms with van der Waals surface area (Å²) in [5.74, 6) is 1.29. The largest absolute Gasteiger partial charge is 0.394 e. The minimum atomic E-state index is -0.409. The van der Waals surface area contributed by atoms with Crippen LogP contribution in [0.2, 0.25) is 0 Å². The van der Waals surface area contributed by atoms with Crippen LogP contribution in [0.25, 0.3) is 0 Å². The molecule has 1 saturated carbocycles. The van der Waals surface area contributed by atoms with E-state index in [0.717, 1.165) is 40.8 Å². The molecule has 128 valence electrons. The summed E-state index contributed by atoms with van der Waals surface area (Å²) >= 11 is 5.13. The number of carbonyl (C=O) groups is 1. The number of aliphatic hydroxyl groups is 1. The maximum atomic E-state index is 11.4. The van der Waals surface area contributed by atoms with Gasteiger partial charge in [-0.2, -0.15) is 0 Å². The summed E-state index contributed by atoms with van der Waals surface area (Å²) in [6.45, 7) is 2.64. The number of amides is 1. The van der Waals surface area contributed by atoms with Crippen molar-refractivity contribution in [1.29, 1.82) is 0 Å². The number of rotatable bonds is 7. The topological polar surface area (TPSA) is 72.6 Å². The molecule has 0 heterocycles. The van der Waals surface area contributed by atoms with Crippen LogP contribution >= 0.6 is 27.7 Å². The molecule has 0 unspecified atom stereocenters. The molecule has 0 spiro atoms. The summed E-state index contributed by atoms with van der Waals surface area (Å²) in [4.78, 5) is 12.5. The van der Waals surface area contributed by atoms with Crippen molar-refractivity contribution in [2.24, 2.45) is 11.7 Å². The molecule has 1 aliphatic rings. The van der Waals surface area contributed by atoms with E-state index in [4.69, 9.17) is 15.6 Å². The summed E-state index contributed by atoms with van der Waals surface area (Å²) < 4.78 is 6.51. The van der Waals surface area contributed by atoms with Crippen molar-refractivity contribution in [3.8, 4) is 0 Å². The molecule has 4 nitrogen and oxygen atoms in total. The third-order valence-electron chi connectivity index (χ3n) is 4.39. The van der Waals surface area contributed by atoms with Crippen molar-refractivity contribution >= 4 is 33.6 Å². The number of halogens is 1. The Labute approximate surface area is 150 Å². The van der Waals surface area contributed by atoms with Crippen molar-refractivity contribution in [2.45, 2.75) is 43.1 Å². The fourth-order valence-electron chi connectivity index (χ4n) is 2.89. The second-order valence-corrected chi connectivity index (χ2v) is 8.23. The van der Waals surface area contributed by atoms with Gasteiger partial charge >= 0.3 is 0 Å². The van der Waals surface area contributed by atoms with E-state index < -0.39 is 5.91 Å². The highest BCUT2D eigenvalue weighted by Gasteiger charge is 2.31. The van der Waals surface area contributed by atoms with Crippen molar-refractivity contribution in [1.82, 2.24) is 0 Å².